The van der Waals surface area contributed by atoms with Gasteiger partial charge in [0.2, 0.25) is 5.91 Å². The average molecular weight is 494 g/mol. The van der Waals surface area contributed by atoms with Crippen molar-refractivity contribution in [2.24, 2.45) is 0 Å². The largest absolute Gasteiger partial charge is 0.492 e. The second kappa shape index (κ2) is 9.32. The van der Waals surface area contributed by atoms with Crippen LogP contribution in [0.2, 0.25) is 10.0 Å². The highest BCUT2D eigenvalue weighted by atomic mass is 35.5. The monoisotopic (exact) mass is 493 g/mol. The molecule has 1 saturated heterocycles. The Kier molecular flexibility index (Phi) is 6.24. The van der Waals surface area contributed by atoms with Gasteiger partial charge in [-0.05, 0) is 67.4 Å². The van der Waals surface area contributed by atoms with Gasteiger partial charge in [0.15, 0.2) is 0 Å². The molecule has 1 aliphatic heterocycles. The van der Waals surface area contributed by atoms with Crippen LogP contribution in [0, 0.1) is 13.8 Å². The summed E-state index contributed by atoms with van der Waals surface area (Å²) in [4.78, 5) is 19.6. The fourth-order valence-electron chi connectivity index (χ4n) is 4.66. The molecule has 0 aliphatic carbocycles. The van der Waals surface area contributed by atoms with Crippen LogP contribution < -0.4 is 9.64 Å². The maximum absolute atomic E-state index is 12.9. The van der Waals surface area contributed by atoms with Crippen molar-refractivity contribution in [3.05, 3.63) is 87.7 Å². The van der Waals surface area contributed by atoms with Crippen LogP contribution in [-0.4, -0.2) is 28.6 Å². The van der Waals surface area contributed by atoms with E-state index in [4.69, 9.17) is 32.9 Å². The number of aromatic nitrogens is 2. The van der Waals surface area contributed by atoms with Crippen LogP contribution in [0.5, 0.6) is 5.75 Å². The second-order valence-corrected chi connectivity index (χ2v) is 9.53. The lowest BCUT2D eigenvalue weighted by Crippen LogP contribution is -2.24. The number of carbonyl (C=O) groups excluding carboxylic acids is 1. The van der Waals surface area contributed by atoms with Crippen LogP contribution in [0.3, 0.4) is 0 Å². The van der Waals surface area contributed by atoms with E-state index in [0.717, 1.165) is 44.4 Å². The minimum absolute atomic E-state index is 0.0149. The van der Waals surface area contributed by atoms with Crippen molar-refractivity contribution in [3.8, 4) is 5.75 Å². The molecule has 34 heavy (non-hydrogen) atoms. The molecule has 0 saturated carbocycles. The Hall–Kier alpha value is -3.02. The normalized spacial score (nSPS) is 15.9. The molecule has 0 bridgehead atoms. The molecule has 4 aromatic rings. The smallest absolute Gasteiger partial charge is 0.227 e. The zero-order chi connectivity index (χ0) is 23.8. The number of amides is 1. The van der Waals surface area contributed by atoms with Crippen molar-refractivity contribution in [1.82, 2.24) is 9.55 Å². The van der Waals surface area contributed by atoms with Gasteiger partial charge in [0, 0.05) is 34.6 Å². The summed E-state index contributed by atoms with van der Waals surface area (Å²) in [6, 6.07) is 19.4. The molecule has 1 aliphatic rings. The van der Waals surface area contributed by atoms with Crippen molar-refractivity contribution in [2.75, 3.05) is 18.1 Å². The highest BCUT2D eigenvalue weighted by molar-refractivity contribution is 6.32. The summed E-state index contributed by atoms with van der Waals surface area (Å²) < 4.78 is 8.27. The molecule has 7 heteroatoms. The van der Waals surface area contributed by atoms with Crippen LogP contribution >= 0.6 is 23.2 Å². The zero-order valence-corrected chi connectivity index (χ0v) is 20.6. The number of rotatable bonds is 6. The van der Waals surface area contributed by atoms with E-state index in [1.165, 1.54) is 0 Å². The predicted molar refractivity (Wildman–Crippen MR) is 137 cm³/mol. The number of anilines is 1. The number of halogens is 2. The van der Waals surface area contributed by atoms with E-state index in [1.807, 2.05) is 68.4 Å². The summed E-state index contributed by atoms with van der Waals surface area (Å²) in [6.07, 6.45) is 0.409. The number of imidazole rings is 1. The molecule has 5 nitrogen and oxygen atoms in total. The van der Waals surface area contributed by atoms with E-state index in [9.17, 15) is 4.79 Å². The zero-order valence-electron chi connectivity index (χ0n) is 19.1. The Morgan fingerprint density at radius 2 is 1.79 bits per heavy atom. The third-order valence-corrected chi connectivity index (χ3v) is 7.12. The summed E-state index contributed by atoms with van der Waals surface area (Å²) >= 11 is 12.5. The van der Waals surface area contributed by atoms with Gasteiger partial charge in [-0.25, -0.2) is 4.98 Å². The van der Waals surface area contributed by atoms with E-state index in [1.54, 1.807) is 4.90 Å². The van der Waals surface area contributed by atoms with Gasteiger partial charge in [0.05, 0.1) is 17.6 Å². The third kappa shape index (κ3) is 4.38. The van der Waals surface area contributed by atoms with Crippen LogP contribution in [0.15, 0.2) is 60.7 Å². The first-order chi connectivity index (χ1) is 16.4. The number of para-hydroxylation sites is 2. The molecular formula is C27H25Cl2N3O2. The molecule has 1 unspecified atom stereocenters. The quantitative estimate of drug-likeness (QED) is 0.305. The highest BCUT2D eigenvalue weighted by Gasteiger charge is 2.34. The molecule has 2 heterocycles. The Morgan fingerprint density at radius 3 is 2.56 bits per heavy atom. The fraction of sp³-hybridized carbons (Fsp3) is 0.259. The van der Waals surface area contributed by atoms with Gasteiger partial charge < -0.3 is 14.2 Å². The van der Waals surface area contributed by atoms with Crippen molar-refractivity contribution in [1.29, 1.82) is 0 Å². The van der Waals surface area contributed by atoms with Crippen molar-refractivity contribution >= 4 is 45.8 Å². The summed E-state index contributed by atoms with van der Waals surface area (Å²) in [5.41, 5.74) is 4.77. The van der Waals surface area contributed by atoms with Gasteiger partial charge in [-0.2, -0.15) is 0 Å². The van der Waals surface area contributed by atoms with Crippen LogP contribution in [-0.2, 0) is 11.3 Å². The second-order valence-electron chi connectivity index (χ2n) is 8.72. The van der Waals surface area contributed by atoms with E-state index >= 15 is 0 Å². The van der Waals surface area contributed by atoms with E-state index in [2.05, 4.69) is 10.6 Å². The molecule has 1 aromatic heterocycles. The topological polar surface area (TPSA) is 47.4 Å². The molecule has 0 N–H and O–H groups in total. The Balaban J connectivity index is 1.40. The number of benzene rings is 3. The molecule has 0 spiro atoms. The summed E-state index contributed by atoms with van der Waals surface area (Å²) in [5, 5.41) is 1.39. The minimum Gasteiger partial charge on any atom is -0.492 e. The molecule has 0 radical (unpaired) electrons. The summed E-state index contributed by atoms with van der Waals surface area (Å²) in [5.74, 6) is 1.77. The first-order valence-corrected chi connectivity index (χ1v) is 12.1. The number of fused-ring (bicyclic) bond motifs is 1. The van der Waals surface area contributed by atoms with Gasteiger partial charge >= 0.3 is 0 Å². The Labute approximate surface area is 208 Å². The molecule has 1 amide bonds. The first kappa shape index (κ1) is 22.8. The summed E-state index contributed by atoms with van der Waals surface area (Å²) in [6.45, 7) is 5.63. The van der Waals surface area contributed by atoms with Gasteiger partial charge in [-0.15, -0.1) is 0 Å². The number of nitrogens with zero attached hydrogens (tertiary/aromatic N) is 3. The molecule has 3 aromatic carbocycles. The predicted octanol–water partition coefficient (Wildman–Crippen LogP) is 6.56. The molecular weight excluding hydrogens is 469 g/mol. The highest BCUT2D eigenvalue weighted by Crippen LogP contribution is 2.34. The fourth-order valence-corrected chi connectivity index (χ4v) is 4.95. The molecule has 174 valence electrons. The summed E-state index contributed by atoms with van der Waals surface area (Å²) in [7, 11) is 0. The standard InChI is InChI=1S/C27H25Cl2N3O2/c1-17-12-22(13-18(2)26(17)29)34-11-10-31-24-9-4-3-8-23(24)30-27(31)19-14-25(33)32(16-19)21-7-5-6-20(28)15-21/h3-9,12-13,15,19H,10-11,14,16H2,1-2H3. The molecule has 1 fully saturated rings. The number of carbonyl (C=O) groups is 1. The number of hydrogen-bond acceptors (Lipinski definition) is 3. The van der Waals surface area contributed by atoms with Gasteiger partial charge in [-0.1, -0.05) is 41.4 Å². The maximum Gasteiger partial charge on any atom is 0.227 e. The van der Waals surface area contributed by atoms with Crippen LogP contribution in [0.4, 0.5) is 5.69 Å². The lowest BCUT2D eigenvalue weighted by atomic mass is 10.1. The van der Waals surface area contributed by atoms with Crippen molar-refractivity contribution < 1.29 is 9.53 Å². The van der Waals surface area contributed by atoms with Gasteiger partial charge in [0.1, 0.15) is 18.2 Å². The van der Waals surface area contributed by atoms with Crippen molar-refractivity contribution in [2.45, 2.75) is 32.7 Å². The number of aryl methyl sites for hydroxylation is 2. The SMILES string of the molecule is Cc1cc(OCCn2c(C3CC(=O)N(c4cccc(Cl)c4)C3)nc3ccccc32)cc(C)c1Cl. The van der Waals surface area contributed by atoms with Gasteiger partial charge in [-0.3, -0.25) is 4.79 Å². The maximum atomic E-state index is 12.9. The van der Waals surface area contributed by atoms with E-state index < -0.39 is 0 Å². The lowest BCUT2D eigenvalue weighted by molar-refractivity contribution is -0.117. The lowest BCUT2D eigenvalue weighted by Gasteiger charge is -2.18. The van der Waals surface area contributed by atoms with Crippen LogP contribution in [0.1, 0.15) is 29.3 Å². The third-order valence-electron chi connectivity index (χ3n) is 6.29. The first-order valence-electron chi connectivity index (χ1n) is 11.3. The minimum atomic E-state index is -0.0149. The Morgan fingerprint density at radius 1 is 1.03 bits per heavy atom. The Bertz CT molecular complexity index is 1360. The average Bonchev–Trinajstić information content (AvgIpc) is 3.38. The number of ether oxygens (including phenoxy) is 1. The van der Waals surface area contributed by atoms with Gasteiger partial charge in [0.25, 0.3) is 0 Å². The van der Waals surface area contributed by atoms with E-state index in [-0.39, 0.29) is 11.8 Å². The van der Waals surface area contributed by atoms with Crippen molar-refractivity contribution in [3.63, 3.8) is 0 Å². The van der Waals surface area contributed by atoms with Crippen LogP contribution in [0.25, 0.3) is 11.0 Å². The number of hydrogen-bond donors (Lipinski definition) is 0. The molecule has 1 atom stereocenters. The van der Waals surface area contributed by atoms with E-state index in [0.29, 0.717) is 31.1 Å². The molecule has 5 rings (SSSR count).